The molecule has 2 saturated heterocycles. The summed E-state index contributed by atoms with van der Waals surface area (Å²) in [7, 11) is 2.06. The lowest BCUT2D eigenvalue weighted by Gasteiger charge is -2.40. The summed E-state index contributed by atoms with van der Waals surface area (Å²) >= 11 is 0. The number of nitrogens with zero attached hydrogens (tertiary/aromatic N) is 3. The van der Waals surface area contributed by atoms with Crippen LogP contribution in [0.15, 0.2) is 48.5 Å². The molecule has 41 heavy (non-hydrogen) atoms. The molecule has 9 nitrogen and oxygen atoms in total. The minimum absolute atomic E-state index is 0.0994. The second-order valence-electron chi connectivity index (χ2n) is 12.6. The third kappa shape index (κ3) is 5.91. The molecule has 2 aromatic rings. The van der Waals surface area contributed by atoms with Gasteiger partial charge in [-0.2, -0.15) is 0 Å². The Morgan fingerprint density at radius 1 is 0.976 bits per heavy atom. The Morgan fingerprint density at radius 3 is 2.12 bits per heavy atom. The molecule has 2 aliphatic heterocycles. The first kappa shape index (κ1) is 28.9. The Labute approximate surface area is 242 Å². The predicted molar refractivity (Wildman–Crippen MR) is 155 cm³/mol. The quantitative estimate of drug-likeness (QED) is 0.526. The molecular formula is C32H41N3O6. The lowest BCUT2D eigenvalue weighted by Crippen LogP contribution is -2.60. The molecule has 1 aliphatic carbocycles. The van der Waals surface area contributed by atoms with E-state index < -0.39 is 29.3 Å². The maximum atomic E-state index is 14.0. The topological polar surface area (TPSA) is 99.6 Å². The first-order valence-electron chi connectivity index (χ1n) is 14.5. The number of benzene rings is 2. The van der Waals surface area contributed by atoms with Crippen molar-refractivity contribution in [1.29, 1.82) is 0 Å². The molecule has 0 aromatic heterocycles. The highest BCUT2D eigenvalue weighted by molar-refractivity contribution is 5.87. The summed E-state index contributed by atoms with van der Waals surface area (Å²) in [5.41, 5.74) is 2.12. The van der Waals surface area contributed by atoms with Crippen molar-refractivity contribution in [1.82, 2.24) is 14.7 Å². The van der Waals surface area contributed by atoms with Gasteiger partial charge in [-0.1, -0.05) is 48.5 Å². The monoisotopic (exact) mass is 563 g/mol. The van der Waals surface area contributed by atoms with E-state index >= 15 is 0 Å². The maximum Gasteiger partial charge on any atom is 0.410 e. The zero-order valence-corrected chi connectivity index (χ0v) is 24.5. The van der Waals surface area contributed by atoms with Crippen LogP contribution in [0.3, 0.4) is 0 Å². The van der Waals surface area contributed by atoms with Gasteiger partial charge in [0, 0.05) is 25.4 Å². The highest BCUT2D eigenvalue weighted by Crippen LogP contribution is 2.44. The fourth-order valence-corrected chi connectivity index (χ4v) is 6.39. The van der Waals surface area contributed by atoms with Crippen molar-refractivity contribution in [3.8, 4) is 11.1 Å². The van der Waals surface area contributed by atoms with Gasteiger partial charge in [-0.05, 0) is 81.9 Å². The van der Waals surface area contributed by atoms with Crippen LogP contribution in [0.5, 0.6) is 0 Å². The van der Waals surface area contributed by atoms with Crippen molar-refractivity contribution in [2.45, 2.75) is 57.1 Å². The summed E-state index contributed by atoms with van der Waals surface area (Å²) in [6.07, 6.45) is 0.592. The molecule has 2 fully saturated rings. The van der Waals surface area contributed by atoms with E-state index in [1.165, 1.54) is 9.80 Å². The molecule has 3 aliphatic rings. The average Bonchev–Trinajstić information content (AvgIpc) is 3.52. The number of carboxylic acids is 1. The summed E-state index contributed by atoms with van der Waals surface area (Å²) in [5.74, 6) is -1.14. The number of amides is 2. The number of carboxylic acid groups (broad SMARTS) is 1. The van der Waals surface area contributed by atoms with E-state index in [2.05, 4.69) is 36.2 Å². The van der Waals surface area contributed by atoms with Gasteiger partial charge in [0.05, 0.1) is 6.54 Å². The summed E-state index contributed by atoms with van der Waals surface area (Å²) in [6, 6.07) is 16.2. The Balaban J connectivity index is 1.39. The second-order valence-corrected chi connectivity index (χ2v) is 12.6. The zero-order chi connectivity index (χ0) is 29.4. The minimum Gasteiger partial charge on any atom is -0.479 e. The first-order valence-corrected chi connectivity index (χ1v) is 14.5. The van der Waals surface area contributed by atoms with E-state index in [1.807, 2.05) is 24.3 Å². The Hall–Kier alpha value is -3.59. The molecule has 220 valence electrons. The van der Waals surface area contributed by atoms with E-state index in [4.69, 9.17) is 9.47 Å². The van der Waals surface area contributed by atoms with Gasteiger partial charge in [-0.3, -0.25) is 4.90 Å². The van der Waals surface area contributed by atoms with Gasteiger partial charge in [-0.15, -0.1) is 0 Å². The van der Waals surface area contributed by atoms with E-state index in [9.17, 15) is 19.5 Å². The molecule has 0 radical (unpaired) electrons. The molecule has 0 bridgehead atoms. The van der Waals surface area contributed by atoms with Crippen molar-refractivity contribution in [2.24, 2.45) is 5.92 Å². The SMILES string of the molecule is CN1CCC(CN(C(=O)OCC2c3ccccc3-c3ccccc32)C2(C(=O)O)CCN(C(=O)OC(C)(C)C)C2)CC1. The van der Waals surface area contributed by atoms with Crippen molar-refractivity contribution in [3.63, 3.8) is 0 Å². The van der Waals surface area contributed by atoms with Crippen LogP contribution in [0.25, 0.3) is 11.1 Å². The predicted octanol–water partition coefficient (Wildman–Crippen LogP) is 5.04. The number of likely N-dealkylation sites (tertiary alicyclic amines) is 2. The van der Waals surface area contributed by atoms with Crippen molar-refractivity contribution in [3.05, 3.63) is 59.7 Å². The smallest absolute Gasteiger partial charge is 0.410 e. The number of rotatable bonds is 6. The Morgan fingerprint density at radius 2 is 1.56 bits per heavy atom. The molecule has 9 heteroatoms. The van der Waals surface area contributed by atoms with Crippen LogP contribution in [0.4, 0.5) is 9.59 Å². The van der Waals surface area contributed by atoms with Crippen LogP contribution in [-0.4, -0.2) is 95.5 Å². The summed E-state index contributed by atoms with van der Waals surface area (Å²) in [4.78, 5) is 44.9. The molecule has 2 heterocycles. The average molecular weight is 564 g/mol. The fraction of sp³-hybridized carbons (Fsp3) is 0.531. The Bertz CT molecular complexity index is 1250. The van der Waals surface area contributed by atoms with Gasteiger partial charge < -0.3 is 24.4 Å². The van der Waals surface area contributed by atoms with Gasteiger partial charge >= 0.3 is 18.2 Å². The molecule has 1 atom stereocenters. The van der Waals surface area contributed by atoms with Crippen molar-refractivity contribution < 1.29 is 29.0 Å². The highest BCUT2D eigenvalue weighted by atomic mass is 16.6. The number of ether oxygens (including phenoxy) is 2. The van der Waals surface area contributed by atoms with Crippen molar-refractivity contribution >= 4 is 18.2 Å². The first-order chi connectivity index (χ1) is 19.5. The van der Waals surface area contributed by atoms with Gasteiger partial charge in [0.2, 0.25) is 0 Å². The number of hydrogen-bond donors (Lipinski definition) is 1. The van der Waals surface area contributed by atoms with Crippen LogP contribution in [0.1, 0.15) is 57.1 Å². The number of aliphatic carboxylic acids is 1. The van der Waals surface area contributed by atoms with E-state index in [0.717, 1.165) is 48.2 Å². The largest absolute Gasteiger partial charge is 0.479 e. The number of hydrogen-bond acceptors (Lipinski definition) is 6. The third-order valence-electron chi connectivity index (χ3n) is 8.65. The standard InChI is InChI=1S/C32H41N3O6/c1-31(2,3)41-29(38)34-18-15-32(21-34,28(36)37)35(19-22-13-16-33(4)17-14-22)30(39)40-20-27-25-11-7-5-9-23(25)24-10-6-8-12-26(24)27/h5-12,22,27H,13-21H2,1-4H3,(H,36,37). The second kappa shape index (κ2) is 11.4. The fourth-order valence-electron chi connectivity index (χ4n) is 6.39. The Kier molecular flexibility index (Phi) is 8.01. The lowest BCUT2D eigenvalue weighted by atomic mass is 9.91. The molecular weight excluding hydrogens is 522 g/mol. The highest BCUT2D eigenvalue weighted by Gasteiger charge is 2.54. The third-order valence-corrected chi connectivity index (χ3v) is 8.65. The molecule has 2 amide bonds. The maximum absolute atomic E-state index is 14.0. The van der Waals surface area contributed by atoms with Crippen LogP contribution < -0.4 is 0 Å². The summed E-state index contributed by atoms with van der Waals surface area (Å²) in [5, 5.41) is 10.6. The molecule has 1 unspecified atom stereocenters. The normalized spacial score (nSPS) is 21.3. The molecule has 0 saturated carbocycles. The van der Waals surface area contributed by atoms with Gasteiger partial charge in [0.25, 0.3) is 0 Å². The number of carbonyl (C=O) groups is 3. The minimum atomic E-state index is -1.59. The van der Waals surface area contributed by atoms with E-state index in [-0.39, 0.29) is 44.5 Å². The molecule has 1 N–H and O–H groups in total. The van der Waals surface area contributed by atoms with Gasteiger partial charge in [-0.25, -0.2) is 14.4 Å². The number of carbonyl (C=O) groups excluding carboxylic acids is 2. The van der Waals surface area contributed by atoms with Crippen LogP contribution >= 0.6 is 0 Å². The molecule has 0 spiro atoms. The molecule has 2 aromatic carbocycles. The summed E-state index contributed by atoms with van der Waals surface area (Å²) < 4.78 is 11.5. The van der Waals surface area contributed by atoms with Crippen LogP contribution in [-0.2, 0) is 14.3 Å². The number of piperidine rings is 1. The van der Waals surface area contributed by atoms with Crippen LogP contribution in [0, 0.1) is 5.92 Å². The van der Waals surface area contributed by atoms with Gasteiger partial charge in [0.15, 0.2) is 5.54 Å². The van der Waals surface area contributed by atoms with E-state index in [1.54, 1.807) is 20.8 Å². The molecule has 5 rings (SSSR count). The lowest BCUT2D eigenvalue weighted by molar-refractivity contribution is -0.150. The number of fused-ring (bicyclic) bond motifs is 3. The zero-order valence-electron chi connectivity index (χ0n) is 24.5. The van der Waals surface area contributed by atoms with Crippen LogP contribution in [0.2, 0.25) is 0 Å². The van der Waals surface area contributed by atoms with E-state index in [0.29, 0.717) is 0 Å². The van der Waals surface area contributed by atoms with Crippen molar-refractivity contribution in [2.75, 3.05) is 46.4 Å². The van der Waals surface area contributed by atoms with Gasteiger partial charge in [0.1, 0.15) is 12.2 Å². The summed E-state index contributed by atoms with van der Waals surface area (Å²) in [6.45, 7) is 7.48.